The zero-order chi connectivity index (χ0) is 14.8. The van der Waals surface area contributed by atoms with E-state index in [1.807, 2.05) is 12.0 Å². The Hall–Kier alpha value is -2.11. The summed E-state index contributed by atoms with van der Waals surface area (Å²) in [5.41, 5.74) is 9.72. The highest BCUT2D eigenvalue weighted by atomic mass is 19.1. The summed E-state index contributed by atoms with van der Waals surface area (Å²) in [6, 6.07) is 6.31. The van der Waals surface area contributed by atoms with E-state index >= 15 is 0 Å². The summed E-state index contributed by atoms with van der Waals surface area (Å²) in [7, 11) is 0. The van der Waals surface area contributed by atoms with Crippen LogP contribution in [0.25, 0.3) is 10.4 Å². The molecule has 1 aliphatic carbocycles. The van der Waals surface area contributed by atoms with Crippen molar-refractivity contribution in [3.8, 4) is 0 Å². The summed E-state index contributed by atoms with van der Waals surface area (Å²) >= 11 is 0. The molecule has 0 N–H and O–H groups in total. The van der Waals surface area contributed by atoms with E-state index in [0.717, 1.165) is 18.4 Å². The van der Waals surface area contributed by atoms with Gasteiger partial charge in [0.05, 0.1) is 6.04 Å². The Morgan fingerprint density at radius 1 is 1.38 bits per heavy atom. The lowest BCUT2D eigenvalue weighted by molar-refractivity contribution is -0.0912. The van der Waals surface area contributed by atoms with Crippen molar-refractivity contribution in [2.24, 2.45) is 10.1 Å². The van der Waals surface area contributed by atoms with Gasteiger partial charge in [-0.15, -0.1) is 5.06 Å². The molecule has 0 saturated heterocycles. The van der Waals surface area contributed by atoms with Gasteiger partial charge in [-0.25, -0.2) is 9.38 Å². The molecule has 1 heterocycles. The molecule has 3 rings (SSSR count). The minimum Gasteiger partial charge on any atom is -0.389 e. The van der Waals surface area contributed by atoms with Crippen LogP contribution in [0.3, 0.4) is 0 Å². The van der Waals surface area contributed by atoms with E-state index in [4.69, 9.17) is 10.4 Å². The number of azide groups is 1. The quantitative estimate of drug-likeness (QED) is 0.486. The summed E-state index contributed by atoms with van der Waals surface area (Å²) in [6.45, 7) is 2.30. The summed E-state index contributed by atoms with van der Waals surface area (Å²) in [4.78, 5) is 12.8. The van der Waals surface area contributed by atoms with Crippen LogP contribution in [0.2, 0.25) is 0 Å². The van der Waals surface area contributed by atoms with Gasteiger partial charge in [0.1, 0.15) is 12.5 Å². The van der Waals surface area contributed by atoms with E-state index in [1.54, 1.807) is 12.1 Å². The Morgan fingerprint density at radius 3 is 2.76 bits per heavy atom. The molecule has 1 aromatic carbocycles. The van der Waals surface area contributed by atoms with Crippen LogP contribution in [0.1, 0.15) is 31.2 Å². The second kappa shape index (κ2) is 5.71. The summed E-state index contributed by atoms with van der Waals surface area (Å²) < 4.78 is 13.1. The molecule has 7 heteroatoms. The van der Waals surface area contributed by atoms with E-state index in [9.17, 15) is 4.39 Å². The molecule has 0 radical (unpaired) electrons. The van der Waals surface area contributed by atoms with Crippen LogP contribution in [0.15, 0.2) is 34.4 Å². The standard InChI is InChI=1S/C14H16FN5O/c1-9-17-8-20(21-9)13-7-6-12(18-19-16)14(13)10-2-4-11(15)5-3-10/h2-5,12-14H,6-8H2,1H3. The summed E-state index contributed by atoms with van der Waals surface area (Å²) in [5, 5.41) is 5.74. The van der Waals surface area contributed by atoms with Crippen molar-refractivity contribution >= 4 is 5.90 Å². The Balaban J connectivity index is 1.89. The van der Waals surface area contributed by atoms with Gasteiger partial charge in [-0.1, -0.05) is 17.2 Å². The van der Waals surface area contributed by atoms with E-state index in [2.05, 4.69) is 15.0 Å². The van der Waals surface area contributed by atoms with Crippen molar-refractivity contribution in [2.75, 3.05) is 6.67 Å². The van der Waals surface area contributed by atoms with Crippen LogP contribution in [0, 0.1) is 5.82 Å². The van der Waals surface area contributed by atoms with Gasteiger partial charge in [-0.2, -0.15) is 0 Å². The predicted molar refractivity (Wildman–Crippen MR) is 76.0 cm³/mol. The van der Waals surface area contributed by atoms with Crippen LogP contribution in [0.4, 0.5) is 4.39 Å². The van der Waals surface area contributed by atoms with Crippen molar-refractivity contribution < 1.29 is 9.23 Å². The highest BCUT2D eigenvalue weighted by Crippen LogP contribution is 2.40. The lowest BCUT2D eigenvalue weighted by Crippen LogP contribution is -2.36. The lowest BCUT2D eigenvalue weighted by atomic mass is 9.91. The number of hydrogen-bond acceptors (Lipinski definition) is 4. The molecule has 3 atom stereocenters. The lowest BCUT2D eigenvalue weighted by Gasteiger charge is -2.29. The third kappa shape index (κ3) is 2.70. The van der Waals surface area contributed by atoms with Crippen LogP contribution in [-0.4, -0.2) is 29.7 Å². The van der Waals surface area contributed by atoms with Gasteiger partial charge in [0, 0.05) is 23.8 Å². The monoisotopic (exact) mass is 289 g/mol. The second-order valence-electron chi connectivity index (χ2n) is 5.32. The first-order valence-electron chi connectivity index (χ1n) is 6.94. The number of nitrogens with zero attached hydrogens (tertiary/aromatic N) is 5. The SMILES string of the molecule is CC1=NCN(C2CCC(N=[N+]=[N-])C2c2ccc(F)cc2)O1. The average Bonchev–Trinajstić information content (AvgIpc) is 3.07. The third-order valence-corrected chi connectivity index (χ3v) is 4.09. The molecule has 6 nitrogen and oxygen atoms in total. The first kappa shape index (κ1) is 13.9. The zero-order valence-corrected chi connectivity index (χ0v) is 11.7. The van der Waals surface area contributed by atoms with Gasteiger partial charge >= 0.3 is 0 Å². The highest BCUT2D eigenvalue weighted by Gasteiger charge is 2.42. The molecule has 1 saturated carbocycles. The maximum atomic E-state index is 13.1. The van der Waals surface area contributed by atoms with Gasteiger partial charge in [-0.05, 0) is 36.1 Å². The Morgan fingerprint density at radius 2 is 2.14 bits per heavy atom. The second-order valence-corrected chi connectivity index (χ2v) is 5.32. The molecule has 21 heavy (non-hydrogen) atoms. The van der Waals surface area contributed by atoms with Gasteiger partial charge < -0.3 is 4.84 Å². The molecule has 0 bridgehead atoms. The van der Waals surface area contributed by atoms with E-state index < -0.39 is 0 Å². The predicted octanol–water partition coefficient (Wildman–Crippen LogP) is 3.37. The van der Waals surface area contributed by atoms with Gasteiger partial charge in [-0.3, -0.25) is 0 Å². The van der Waals surface area contributed by atoms with E-state index in [0.29, 0.717) is 12.6 Å². The van der Waals surface area contributed by atoms with Crippen molar-refractivity contribution in [1.29, 1.82) is 0 Å². The molecule has 1 aromatic rings. The third-order valence-electron chi connectivity index (χ3n) is 4.09. The number of benzene rings is 1. The van der Waals surface area contributed by atoms with Crippen molar-refractivity contribution in [2.45, 2.75) is 37.8 Å². The molecule has 3 unspecified atom stereocenters. The fourth-order valence-electron chi connectivity index (χ4n) is 3.17. The molecule has 110 valence electrons. The molecule has 1 aliphatic heterocycles. The largest absolute Gasteiger partial charge is 0.389 e. The number of halogens is 1. The topological polar surface area (TPSA) is 73.6 Å². The number of hydrogen-bond donors (Lipinski definition) is 0. The van der Waals surface area contributed by atoms with Crippen LogP contribution >= 0.6 is 0 Å². The molecule has 0 amide bonds. The summed E-state index contributed by atoms with van der Waals surface area (Å²) in [6.07, 6.45) is 1.64. The first-order valence-corrected chi connectivity index (χ1v) is 6.94. The fraction of sp³-hybridized carbons (Fsp3) is 0.500. The minimum atomic E-state index is -0.273. The molecule has 1 fully saturated rings. The normalized spacial score (nSPS) is 28.9. The number of aliphatic imine (C=N–C) groups is 1. The van der Waals surface area contributed by atoms with Crippen molar-refractivity contribution in [1.82, 2.24) is 5.06 Å². The highest BCUT2D eigenvalue weighted by molar-refractivity contribution is 5.73. The summed E-state index contributed by atoms with van der Waals surface area (Å²) in [5.74, 6) is 0.355. The molecule has 0 spiro atoms. The minimum absolute atomic E-state index is 0.0115. The average molecular weight is 289 g/mol. The molecular weight excluding hydrogens is 273 g/mol. The maximum Gasteiger partial charge on any atom is 0.207 e. The van der Waals surface area contributed by atoms with Crippen LogP contribution in [-0.2, 0) is 4.84 Å². The van der Waals surface area contributed by atoms with Crippen molar-refractivity contribution in [3.05, 3.63) is 46.1 Å². The maximum absolute atomic E-state index is 13.1. The smallest absolute Gasteiger partial charge is 0.207 e. The molecular formula is C14H16FN5O. The Kier molecular flexibility index (Phi) is 3.77. The fourth-order valence-corrected chi connectivity index (χ4v) is 3.17. The molecule has 0 aromatic heterocycles. The molecule has 2 aliphatic rings. The van der Waals surface area contributed by atoms with Gasteiger partial charge in [0.25, 0.3) is 0 Å². The number of hydroxylamine groups is 2. The first-order chi connectivity index (χ1) is 10.2. The Labute approximate surface area is 121 Å². The van der Waals surface area contributed by atoms with Gasteiger partial charge in [0.2, 0.25) is 5.90 Å². The zero-order valence-electron chi connectivity index (χ0n) is 11.7. The number of rotatable bonds is 3. The van der Waals surface area contributed by atoms with Crippen LogP contribution in [0.5, 0.6) is 0 Å². The van der Waals surface area contributed by atoms with Crippen LogP contribution < -0.4 is 0 Å². The van der Waals surface area contributed by atoms with E-state index in [1.165, 1.54) is 12.1 Å². The van der Waals surface area contributed by atoms with Crippen molar-refractivity contribution in [3.63, 3.8) is 0 Å². The van der Waals surface area contributed by atoms with E-state index in [-0.39, 0.29) is 23.8 Å². The Bertz CT molecular complexity index is 596. The van der Waals surface area contributed by atoms with Gasteiger partial charge in [0.15, 0.2) is 0 Å².